The molecule has 1 saturated carbocycles. The van der Waals surface area contributed by atoms with E-state index in [1.807, 2.05) is 0 Å². The first-order valence-corrected chi connectivity index (χ1v) is 9.27. The molecule has 1 heterocycles. The van der Waals surface area contributed by atoms with Crippen molar-refractivity contribution in [2.75, 3.05) is 6.54 Å². The average Bonchev–Trinajstić information content (AvgIpc) is 2.69. The van der Waals surface area contributed by atoms with Gasteiger partial charge in [0.15, 0.2) is 0 Å². The van der Waals surface area contributed by atoms with Crippen LogP contribution in [-0.4, -0.2) is 22.4 Å². The van der Waals surface area contributed by atoms with Gasteiger partial charge in [0, 0.05) is 13.1 Å². The van der Waals surface area contributed by atoms with Crippen LogP contribution in [0.15, 0.2) is 4.47 Å². The number of rotatable bonds is 6. The zero-order valence-electron chi connectivity index (χ0n) is 14.0. The number of aromatic nitrogens is 2. The third-order valence-corrected chi connectivity index (χ3v) is 6.00. The van der Waals surface area contributed by atoms with E-state index in [2.05, 4.69) is 58.8 Å². The Balaban J connectivity index is 2.11. The number of aryl methyl sites for hydroxylation is 2. The fourth-order valence-electron chi connectivity index (χ4n) is 3.94. The molecular formula is C17H30BrN3. The topological polar surface area (TPSA) is 29.9 Å². The van der Waals surface area contributed by atoms with Crippen LogP contribution in [0, 0.1) is 18.8 Å². The lowest BCUT2D eigenvalue weighted by Gasteiger charge is -2.37. The number of hydrogen-bond donors (Lipinski definition) is 1. The Morgan fingerprint density at radius 1 is 1.33 bits per heavy atom. The molecule has 0 bridgehead atoms. The lowest BCUT2D eigenvalue weighted by Crippen LogP contribution is -2.41. The summed E-state index contributed by atoms with van der Waals surface area (Å²) in [7, 11) is 2.07. The molecule has 120 valence electrons. The molecule has 4 heteroatoms. The molecule has 0 aromatic carbocycles. The number of nitrogens with one attached hydrogen (secondary N) is 1. The summed E-state index contributed by atoms with van der Waals surface area (Å²) in [6.07, 6.45) is 7.93. The first kappa shape index (κ1) is 17.0. The minimum Gasteiger partial charge on any atom is -0.314 e. The predicted molar refractivity (Wildman–Crippen MR) is 92.6 cm³/mol. The van der Waals surface area contributed by atoms with E-state index < -0.39 is 0 Å². The molecule has 3 nitrogen and oxygen atoms in total. The molecular weight excluding hydrogens is 326 g/mol. The van der Waals surface area contributed by atoms with Crippen LogP contribution >= 0.6 is 15.9 Å². The zero-order chi connectivity index (χ0) is 15.4. The van der Waals surface area contributed by atoms with Gasteiger partial charge >= 0.3 is 0 Å². The molecule has 0 amide bonds. The van der Waals surface area contributed by atoms with Crippen LogP contribution in [0.25, 0.3) is 0 Å². The Labute approximate surface area is 138 Å². The third kappa shape index (κ3) is 4.10. The molecule has 0 radical (unpaired) electrons. The first-order valence-electron chi connectivity index (χ1n) is 8.48. The summed E-state index contributed by atoms with van der Waals surface area (Å²) < 4.78 is 3.27. The van der Waals surface area contributed by atoms with Crippen molar-refractivity contribution in [1.82, 2.24) is 15.1 Å². The van der Waals surface area contributed by atoms with Crippen LogP contribution in [0.5, 0.6) is 0 Å². The van der Waals surface area contributed by atoms with Crippen molar-refractivity contribution in [3.8, 4) is 0 Å². The Hall–Kier alpha value is -0.350. The van der Waals surface area contributed by atoms with Crippen LogP contribution in [0.4, 0.5) is 0 Å². The second-order valence-electron chi connectivity index (χ2n) is 6.57. The maximum absolute atomic E-state index is 4.55. The SMILES string of the molecule is CCCC1CCC(NCC)C(Cc2c(Br)c(C)nn2C)C1. The Morgan fingerprint density at radius 2 is 2.10 bits per heavy atom. The summed E-state index contributed by atoms with van der Waals surface area (Å²) in [6.45, 7) is 7.69. The zero-order valence-corrected chi connectivity index (χ0v) is 15.5. The number of hydrogen-bond acceptors (Lipinski definition) is 2. The number of halogens is 1. The molecule has 0 spiro atoms. The third-order valence-electron chi connectivity index (χ3n) is 4.97. The Bertz CT molecular complexity index is 455. The Kier molecular flexibility index (Phi) is 6.30. The molecule has 1 N–H and O–H groups in total. The van der Waals surface area contributed by atoms with E-state index in [4.69, 9.17) is 0 Å². The van der Waals surface area contributed by atoms with E-state index >= 15 is 0 Å². The van der Waals surface area contributed by atoms with Gasteiger partial charge in [-0.3, -0.25) is 4.68 Å². The van der Waals surface area contributed by atoms with Crippen LogP contribution in [0.2, 0.25) is 0 Å². The second kappa shape index (κ2) is 7.77. The van der Waals surface area contributed by atoms with E-state index in [0.717, 1.165) is 30.5 Å². The van der Waals surface area contributed by atoms with E-state index in [0.29, 0.717) is 6.04 Å². The lowest BCUT2D eigenvalue weighted by molar-refractivity contribution is 0.193. The standard InChI is InChI=1S/C17H30BrN3/c1-5-7-13-8-9-15(19-6-2)14(10-13)11-16-17(18)12(3)20-21(16)4/h13-15,19H,5-11H2,1-4H3. The van der Waals surface area contributed by atoms with E-state index in [9.17, 15) is 0 Å². The summed E-state index contributed by atoms with van der Waals surface area (Å²) in [5, 5.41) is 8.27. The van der Waals surface area contributed by atoms with Gasteiger partial charge in [0.25, 0.3) is 0 Å². The highest BCUT2D eigenvalue weighted by molar-refractivity contribution is 9.10. The Morgan fingerprint density at radius 3 is 2.67 bits per heavy atom. The van der Waals surface area contributed by atoms with Gasteiger partial charge in [0.1, 0.15) is 0 Å². The predicted octanol–water partition coefficient (Wildman–Crippen LogP) is 4.23. The molecule has 0 saturated heterocycles. The fourth-order valence-corrected chi connectivity index (χ4v) is 4.44. The molecule has 0 aliphatic heterocycles. The highest BCUT2D eigenvalue weighted by Gasteiger charge is 2.31. The van der Waals surface area contributed by atoms with Gasteiger partial charge < -0.3 is 5.32 Å². The molecule has 3 atom stereocenters. The maximum Gasteiger partial charge on any atom is 0.0738 e. The largest absolute Gasteiger partial charge is 0.314 e. The van der Waals surface area contributed by atoms with Gasteiger partial charge in [-0.05, 0) is 66.9 Å². The summed E-state index contributed by atoms with van der Waals surface area (Å²) in [5.41, 5.74) is 2.46. The van der Waals surface area contributed by atoms with Crippen molar-refractivity contribution in [3.05, 3.63) is 15.9 Å². The van der Waals surface area contributed by atoms with Crippen LogP contribution in [-0.2, 0) is 13.5 Å². The molecule has 1 aromatic heterocycles. The summed E-state index contributed by atoms with van der Waals surface area (Å²) in [6, 6.07) is 0.671. The molecule has 21 heavy (non-hydrogen) atoms. The van der Waals surface area contributed by atoms with E-state index in [1.54, 1.807) is 0 Å². The average molecular weight is 356 g/mol. The van der Waals surface area contributed by atoms with Gasteiger partial charge in [0.05, 0.1) is 15.9 Å². The summed E-state index contributed by atoms with van der Waals surface area (Å²) in [5.74, 6) is 1.66. The normalized spacial score (nSPS) is 26.2. The maximum atomic E-state index is 4.55. The molecule has 1 aliphatic carbocycles. The minimum atomic E-state index is 0.671. The van der Waals surface area contributed by atoms with Gasteiger partial charge in [-0.1, -0.05) is 26.7 Å². The minimum absolute atomic E-state index is 0.671. The van der Waals surface area contributed by atoms with Crippen LogP contribution < -0.4 is 5.32 Å². The van der Waals surface area contributed by atoms with Crippen molar-refractivity contribution in [2.24, 2.45) is 18.9 Å². The van der Waals surface area contributed by atoms with Crippen molar-refractivity contribution >= 4 is 15.9 Å². The fraction of sp³-hybridized carbons (Fsp3) is 0.824. The van der Waals surface area contributed by atoms with Gasteiger partial charge in [-0.25, -0.2) is 0 Å². The molecule has 1 fully saturated rings. The van der Waals surface area contributed by atoms with Crippen LogP contribution in [0.3, 0.4) is 0 Å². The molecule has 2 rings (SSSR count). The van der Waals surface area contributed by atoms with Crippen molar-refractivity contribution < 1.29 is 0 Å². The highest BCUT2D eigenvalue weighted by Crippen LogP contribution is 2.35. The highest BCUT2D eigenvalue weighted by atomic mass is 79.9. The molecule has 3 unspecified atom stereocenters. The second-order valence-corrected chi connectivity index (χ2v) is 7.36. The smallest absolute Gasteiger partial charge is 0.0738 e. The van der Waals surface area contributed by atoms with Crippen LogP contribution in [0.1, 0.15) is 57.3 Å². The van der Waals surface area contributed by atoms with Gasteiger partial charge in [0.2, 0.25) is 0 Å². The van der Waals surface area contributed by atoms with Crippen molar-refractivity contribution in [1.29, 1.82) is 0 Å². The van der Waals surface area contributed by atoms with E-state index in [-0.39, 0.29) is 0 Å². The van der Waals surface area contributed by atoms with Gasteiger partial charge in [-0.2, -0.15) is 5.10 Å². The first-order chi connectivity index (χ1) is 10.1. The summed E-state index contributed by atoms with van der Waals surface area (Å²) >= 11 is 3.73. The summed E-state index contributed by atoms with van der Waals surface area (Å²) in [4.78, 5) is 0. The monoisotopic (exact) mass is 355 g/mol. The van der Waals surface area contributed by atoms with Gasteiger partial charge in [-0.15, -0.1) is 0 Å². The lowest BCUT2D eigenvalue weighted by atomic mass is 9.74. The van der Waals surface area contributed by atoms with E-state index in [1.165, 1.54) is 42.3 Å². The molecule has 1 aliphatic rings. The molecule has 1 aromatic rings. The van der Waals surface area contributed by atoms with Crippen molar-refractivity contribution in [2.45, 2.75) is 65.3 Å². The van der Waals surface area contributed by atoms with Crippen molar-refractivity contribution in [3.63, 3.8) is 0 Å². The quantitative estimate of drug-likeness (QED) is 0.827. The number of nitrogens with zero attached hydrogens (tertiary/aromatic N) is 2.